The highest BCUT2D eigenvalue weighted by atomic mass is 14.2. The molecule has 146 valence electrons. The van der Waals surface area contributed by atoms with Crippen molar-refractivity contribution in [3.63, 3.8) is 0 Å². The van der Waals surface area contributed by atoms with Crippen LogP contribution in [0.1, 0.15) is 11.1 Å². The van der Waals surface area contributed by atoms with E-state index < -0.39 is 0 Å². The summed E-state index contributed by atoms with van der Waals surface area (Å²) in [5, 5.41) is 25.9. The van der Waals surface area contributed by atoms with Gasteiger partial charge in [0, 0.05) is 0 Å². The molecule has 6 rings (SSSR count). The SMILES string of the molecule is N#Cc1cccc(-c2ccc3ccc4c(-c5cccc(C#N)c5)ccc5ccc2c3c54)c1. The molecule has 0 spiro atoms. The molecule has 6 aromatic carbocycles. The van der Waals surface area contributed by atoms with Crippen LogP contribution in [0.2, 0.25) is 0 Å². The predicted octanol–water partition coefficient (Wildman–Crippen LogP) is 7.66. The van der Waals surface area contributed by atoms with E-state index in [1.165, 1.54) is 32.3 Å². The zero-order valence-corrected chi connectivity index (χ0v) is 17.1. The Hall–Kier alpha value is -4.66. The van der Waals surface area contributed by atoms with E-state index in [1.54, 1.807) is 0 Å². The second kappa shape index (κ2) is 6.95. The van der Waals surface area contributed by atoms with Gasteiger partial charge in [-0.3, -0.25) is 0 Å². The lowest BCUT2D eigenvalue weighted by atomic mass is 9.87. The second-order valence-corrected chi connectivity index (χ2v) is 8.03. The first-order valence-electron chi connectivity index (χ1n) is 10.5. The summed E-state index contributed by atoms with van der Waals surface area (Å²) in [5.74, 6) is 0. The standard InChI is InChI=1S/C30H16N2/c31-17-19-3-1-5-23(15-19)25-11-7-21-10-14-28-26(24-6-2-4-20(16-24)18-32)12-8-22-9-13-27(25)29(21)30(22)28/h1-16H. The smallest absolute Gasteiger partial charge is 0.0991 e. The molecule has 0 bridgehead atoms. The van der Waals surface area contributed by atoms with Gasteiger partial charge in [0.1, 0.15) is 0 Å². The van der Waals surface area contributed by atoms with Gasteiger partial charge in [-0.2, -0.15) is 10.5 Å². The third-order valence-corrected chi connectivity index (χ3v) is 6.27. The Labute approximate surface area is 185 Å². The number of hydrogen-bond acceptors (Lipinski definition) is 2. The Kier molecular flexibility index (Phi) is 3.94. The molecule has 2 heteroatoms. The molecule has 0 N–H and O–H groups in total. The Balaban J connectivity index is 1.70. The van der Waals surface area contributed by atoms with Crippen LogP contribution in [-0.4, -0.2) is 0 Å². The molecule has 0 saturated heterocycles. The highest BCUT2D eigenvalue weighted by Crippen LogP contribution is 2.42. The largest absolute Gasteiger partial charge is 0.192 e. The Morgan fingerprint density at radius 2 is 0.906 bits per heavy atom. The Morgan fingerprint density at radius 3 is 1.34 bits per heavy atom. The summed E-state index contributed by atoms with van der Waals surface area (Å²) in [6, 6.07) is 37.4. The molecule has 2 nitrogen and oxygen atoms in total. The van der Waals surface area contributed by atoms with Crippen molar-refractivity contribution < 1.29 is 0 Å². The Bertz CT molecular complexity index is 1610. The summed E-state index contributed by atoms with van der Waals surface area (Å²) in [4.78, 5) is 0. The van der Waals surface area contributed by atoms with Crippen LogP contribution < -0.4 is 0 Å². The van der Waals surface area contributed by atoms with Gasteiger partial charge >= 0.3 is 0 Å². The van der Waals surface area contributed by atoms with Gasteiger partial charge < -0.3 is 0 Å². The van der Waals surface area contributed by atoms with E-state index in [4.69, 9.17) is 0 Å². The lowest BCUT2D eigenvalue weighted by Gasteiger charge is -2.16. The summed E-state index contributed by atoms with van der Waals surface area (Å²) >= 11 is 0. The van der Waals surface area contributed by atoms with Crippen LogP contribution in [-0.2, 0) is 0 Å². The van der Waals surface area contributed by atoms with Crippen molar-refractivity contribution in [3.05, 3.63) is 108 Å². The monoisotopic (exact) mass is 404 g/mol. The van der Waals surface area contributed by atoms with E-state index in [-0.39, 0.29) is 0 Å². The summed E-state index contributed by atoms with van der Waals surface area (Å²) in [6.07, 6.45) is 0. The average molecular weight is 404 g/mol. The van der Waals surface area contributed by atoms with Crippen molar-refractivity contribution in [3.8, 4) is 34.4 Å². The zero-order valence-electron chi connectivity index (χ0n) is 17.1. The molecule has 6 aromatic rings. The second-order valence-electron chi connectivity index (χ2n) is 8.03. The molecule has 0 heterocycles. The van der Waals surface area contributed by atoms with Crippen LogP contribution in [0, 0.1) is 22.7 Å². The van der Waals surface area contributed by atoms with Crippen LogP contribution in [0.3, 0.4) is 0 Å². The maximum absolute atomic E-state index is 9.35. The lowest BCUT2D eigenvalue weighted by Crippen LogP contribution is -1.90. The zero-order chi connectivity index (χ0) is 21.7. The van der Waals surface area contributed by atoms with Crippen LogP contribution in [0.15, 0.2) is 97.1 Å². The number of benzene rings is 6. The first-order chi connectivity index (χ1) is 15.8. The highest BCUT2D eigenvalue weighted by Gasteiger charge is 2.15. The first-order valence-corrected chi connectivity index (χ1v) is 10.5. The molecule has 0 saturated carbocycles. The molecule has 0 aliphatic heterocycles. The molecule has 0 atom stereocenters. The van der Waals surface area contributed by atoms with Crippen molar-refractivity contribution in [2.75, 3.05) is 0 Å². The molecular weight excluding hydrogens is 388 g/mol. The van der Waals surface area contributed by atoms with Crippen LogP contribution in [0.5, 0.6) is 0 Å². The van der Waals surface area contributed by atoms with E-state index in [2.05, 4.69) is 72.8 Å². The minimum absolute atomic E-state index is 0.660. The van der Waals surface area contributed by atoms with Crippen molar-refractivity contribution in [1.29, 1.82) is 10.5 Å². The molecule has 0 amide bonds. The number of rotatable bonds is 2. The minimum Gasteiger partial charge on any atom is -0.192 e. The molecular formula is C30H16N2. The topological polar surface area (TPSA) is 47.6 Å². The van der Waals surface area contributed by atoms with E-state index in [0.29, 0.717) is 11.1 Å². The van der Waals surface area contributed by atoms with Crippen molar-refractivity contribution >= 4 is 32.3 Å². The molecule has 0 unspecified atom stereocenters. The van der Waals surface area contributed by atoms with Gasteiger partial charge in [-0.1, -0.05) is 72.8 Å². The molecule has 0 aromatic heterocycles. The van der Waals surface area contributed by atoms with Gasteiger partial charge in [0.05, 0.1) is 23.3 Å². The van der Waals surface area contributed by atoms with E-state index in [0.717, 1.165) is 22.3 Å². The fourth-order valence-electron chi connectivity index (χ4n) is 4.82. The van der Waals surface area contributed by atoms with E-state index in [1.807, 2.05) is 36.4 Å². The molecule has 0 radical (unpaired) electrons. The van der Waals surface area contributed by atoms with Crippen LogP contribution >= 0.6 is 0 Å². The summed E-state index contributed by atoms with van der Waals surface area (Å²) in [6.45, 7) is 0. The van der Waals surface area contributed by atoms with Gasteiger partial charge in [0.15, 0.2) is 0 Å². The normalized spacial score (nSPS) is 11.1. The maximum atomic E-state index is 9.35. The van der Waals surface area contributed by atoms with Crippen molar-refractivity contribution in [2.24, 2.45) is 0 Å². The highest BCUT2D eigenvalue weighted by molar-refractivity contribution is 6.27. The Morgan fingerprint density at radius 1 is 0.469 bits per heavy atom. The number of hydrogen-bond donors (Lipinski definition) is 0. The summed E-state index contributed by atoms with van der Waals surface area (Å²) in [5.41, 5.74) is 5.66. The van der Waals surface area contributed by atoms with Gasteiger partial charge in [0.2, 0.25) is 0 Å². The minimum atomic E-state index is 0.660. The van der Waals surface area contributed by atoms with Crippen molar-refractivity contribution in [1.82, 2.24) is 0 Å². The summed E-state index contributed by atoms with van der Waals surface area (Å²) in [7, 11) is 0. The molecule has 0 fully saturated rings. The van der Waals surface area contributed by atoms with Gasteiger partial charge in [-0.15, -0.1) is 0 Å². The van der Waals surface area contributed by atoms with E-state index >= 15 is 0 Å². The lowest BCUT2D eigenvalue weighted by molar-refractivity contribution is 1.48. The molecule has 32 heavy (non-hydrogen) atoms. The third kappa shape index (κ3) is 2.64. The maximum Gasteiger partial charge on any atom is 0.0991 e. The first kappa shape index (κ1) is 18.1. The van der Waals surface area contributed by atoms with E-state index in [9.17, 15) is 10.5 Å². The average Bonchev–Trinajstić information content (AvgIpc) is 2.87. The number of nitrogens with zero attached hydrogens (tertiary/aromatic N) is 2. The van der Waals surface area contributed by atoms with Crippen LogP contribution in [0.25, 0.3) is 54.6 Å². The molecule has 0 aliphatic rings. The number of nitriles is 2. The van der Waals surface area contributed by atoms with Gasteiger partial charge in [-0.25, -0.2) is 0 Å². The van der Waals surface area contributed by atoms with Crippen LogP contribution in [0.4, 0.5) is 0 Å². The predicted molar refractivity (Wildman–Crippen MR) is 130 cm³/mol. The fraction of sp³-hybridized carbons (Fsp3) is 0. The quantitative estimate of drug-likeness (QED) is 0.278. The summed E-state index contributed by atoms with van der Waals surface area (Å²) < 4.78 is 0. The fourth-order valence-corrected chi connectivity index (χ4v) is 4.82. The third-order valence-electron chi connectivity index (χ3n) is 6.27. The van der Waals surface area contributed by atoms with Gasteiger partial charge in [-0.05, 0) is 78.8 Å². The van der Waals surface area contributed by atoms with Gasteiger partial charge in [0.25, 0.3) is 0 Å². The molecule has 0 aliphatic carbocycles. The van der Waals surface area contributed by atoms with Crippen molar-refractivity contribution in [2.45, 2.75) is 0 Å².